The number of hydrogen-bond donors (Lipinski definition) is 1. The molecule has 2 aromatic carbocycles. The minimum absolute atomic E-state index is 0.133. The highest BCUT2D eigenvalue weighted by Gasteiger charge is 2.34. The van der Waals surface area contributed by atoms with Crippen LogP contribution in [0.5, 0.6) is 0 Å². The van der Waals surface area contributed by atoms with Gasteiger partial charge in [0.25, 0.3) is 0 Å². The molecule has 0 fully saturated rings. The summed E-state index contributed by atoms with van der Waals surface area (Å²) in [5, 5.41) is 0. The zero-order chi connectivity index (χ0) is 25.9. The summed E-state index contributed by atoms with van der Waals surface area (Å²) in [6, 6.07) is 12.6. The second-order valence-corrected chi connectivity index (χ2v) is 9.31. The van der Waals surface area contributed by atoms with Gasteiger partial charge in [-0.15, -0.1) is 0 Å². The van der Waals surface area contributed by atoms with Gasteiger partial charge in [0.1, 0.15) is 12.3 Å². The molecule has 0 spiro atoms. The molecule has 0 bridgehead atoms. The summed E-state index contributed by atoms with van der Waals surface area (Å²) in [6.45, 7) is -1.79. The summed E-state index contributed by atoms with van der Waals surface area (Å²) >= 11 is 0. The number of ketones is 1. The van der Waals surface area contributed by atoms with E-state index in [1.54, 1.807) is 30.3 Å². The molecule has 1 N–H and O–H groups in total. The number of halogens is 6. The van der Waals surface area contributed by atoms with Crippen LogP contribution in [0.4, 0.5) is 26.3 Å². The lowest BCUT2D eigenvalue weighted by atomic mass is 9.94. The Labute approximate surface area is 196 Å². The number of carbonyl (C=O) groups excluding carboxylic acids is 1. The third-order valence-corrected chi connectivity index (χ3v) is 6.32. The quantitative estimate of drug-likeness (QED) is 0.430. The second-order valence-electron chi connectivity index (χ2n) is 7.55. The average Bonchev–Trinajstić information content (AvgIpc) is 2.77. The van der Waals surface area contributed by atoms with Gasteiger partial charge in [-0.2, -0.15) is 26.3 Å². The summed E-state index contributed by atoms with van der Waals surface area (Å²) in [4.78, 5) is 15.9. The van der Waals surface area contributed by atoms with Gasteiger partial charge in [0, 0.05) is 25.2 Å². The Morgan fingerprint density at radius 3 is 2.17 bits per heavy atom. The first-order valence-corrected chi connectivity index (χ1v) is 11.5. The van der Waals surface area contributed by atoms with Gasteiger partial charge in [-0.25, -0.2) is 13.1 Å². The van der Waals surface area contributed by atoms with Crippen LogP contribution in [0.25, 0.3) is 11.1 Å². The number of pyridine rings is 1. The van der Waals surface area contributed by atoms with Crippen molar-refractivity contribution in [2.24, 2.45) is 0 Å². The van der Waals surface area contributed by atoms with E-state index < -0.39 is 58.0 Å². The first-order valence-electron chi connectivity index (χ1n) is 10.0. The molecule has 1 aromatic heterocycles. The van der Waals surface area contributed by atoms with Crippen LogP contribution < -0.4 is 4.72 Å². The average molecular weight is 516 g/mol. The number of rotatable bonds is 8. The molecule has 35 heavy (non-hydrogen) atoms. The van der Waals surface area contributed by atoms with Gasteiger partial charge in [0.05, 0.1) is 10.5 Å². The van der Waals surface area contributed by atoms with E-state index in [-0.39, 0.29) is 11.1 Å². The molecular formula is C23H18F6N2O3S. The lowest BCUT2D eigenvalue weighted by Crippen LogP contribution is -2.33. The molecule has 0 radical (unpaired) electrons. The highest BCUT2D eigenvalue weighted by molar-refractivity contribution is 7.89. The highest BCUT2D eigenvalue weighted by atomic mass is 32.2. The number of sulfonamides is 1. The molecule has 3 rings (SSSR count). The zero-order valence-corrected chi connectivity index (χ0v) is 18.6. The van der Waals surface area contributed by atoms with Crippen molar-refractivity contribution in [3.05, 3.63) is 83.7 Å². The maximum Gasteiger partial charge on any atom is 0.416 e. The fraction of sp³-hybridized carbons (Fsp3) is 0.217. The number of nitrogens with zero attached hydrogens (tertiary/aromatic N) is 1. The maximum absolute atomic E-state index is 13.3. The fourth-order valence-corrected chi connectivity index (χ4v) is 4.44. The van der Waals surface area contributed by atoms with Crippen LogP contribution in [-0.4, -0.2) is 31.9 Å². The normalized spacial score (nSPS) is 12.5. The molecule has 0 aliphatic carbocycles. The molecule has 3 aromatic rings. The number of carbonyl (C=O) groups is 1. The van der Waals surface area contributed by atoms with Gasteiger partial charge in [0.15, 0.2) is 0 Å². The van der Waals surface area contributed by atoms with Crippen LogP contribution in [0.2, 0.25) is 0 Å². The van der Waals surface area contributed by atoms with Crippen LogP contribution in [0.1, 0.15) is 16.7 Å². The lowest BCUT2D eigenvalue weighted by molar-refractivity contribution is -0.138. The van der Waals surface area contributed by atoms with Crippen molar-refractivity contribution in [2.45, 2.75) is 30.1 Å². The number of alkyl halides is 6. The van der Waals surface area contributed by atoms with Gasteiger partial charge in [0.2, 0.25) is 10.0 Å². The molecule has 0 saturated carbocycles. The number of benzene rings is 2. The number of hydrogen-bond acceptors (Lipinski definition) is 4. The van der Waals surface area contributed by atoms with Crippen molar-refractivity contribution < 1.29 is 39.6 Å². The van der Waals surface area contributed by atoms with Crippen molar-refractivity contribution in [3.8, 4) is 11.1 Å². The minimum atomic E-state index is -4.78. The SMILES string of the molecule is O=C(Cc1cc(S(=O)(=O)NCC(F)(F)F)ccc1-c1ccccc1)Cc1cnccc1C(F)(F)F. The van der Waals surface area contributed by atoms with Gasteiger partial charge in [-0.05, 0) is 40.5 Å². The molecule has 5 nitrogen and oxygen atoms in total. The van der Waals surface area contributed by atoms with E-state index in [1.807, 2.05) is 0 Å². The molecule has 12 heteroatoms. The maximum atomic E-state index is 13.3. The Morgan fingerprint density at radius 1 is 0.886 bits per heavy atom. The van der Waals surface area contributed by atoms with Crippen molar-refractivity contribution in [1.29, 1.82) is 0 Å². The minimum Gasteiger partial charge on any atom is -0.299 e. The van der Waals surface area contributed by atoms with E-state index in [9.17, 15) is 39.6 Å². The van der Waals surface area contributed by atoms with E-state index in [2.05, 4.69) is 4.98 Å². The summed E-state index contributed by atoms with van der Waals surface area (Å²) in [6.07, 6.45) is -8.69. The van der Waals surface area contributed by atoms with Crippen LogP contribution >= 0.6 is 0 Å². The number of nitrogens with one attached hydrogen (secondary N) is 1. The van der Waals surface area contributed by atoms with E-state index in [1.165, 1.54) is 10.8 Å². The van der Waals surface area contributed by atoms with Crippen molar-refractivity contribution in [2.75, 3.05) is 6.54 Å². The highest BCUT2D eigenvalue weighted by Crippen LogP contribution is 2.32. The van der Waals surface area contributed by atoms with Crippen molar-refractivity contribution in [1.82, 2.24) is 9.71 Å². The topological polar surface area (TPSA) is 76.1 Å². The van der Waals surface area contributed by atoms with Gasteiger partial charge in [-0.3, -0.25) is 9.78 Å². The zero-order valence-electron chi connectivity index (χ0n) is 17.8. The second kappa shape index (κ2) is 10.2. The monoisotopic (exact) mass is 516 g/mol. The lowest BCUT2D eigenvalue weighted by Gasteiger charge is -2.15. The standard InChI is InChI=1S/C23H18F6N2O3S/c24-22(25,26)14-31-35(33,34)19-6-7-20(15-4-2-1-3-5-15)16(12-19)10-18(32)11-17-13-30-9-8-21(17)23(27,28)29/h1-9,12-13,31H,10-11,14H2. The summed E-state index contributed by atoms with van der Waals surface area (Å²) in [5.74, 6) is -0.668. The largest absolute Gasteiger partial charge is 0.416 e. The van der Waals surface area contributed by atoms with E-state index in [4.69, 9.17) is 0 Å². The molecule has 0 aliphatic rings. The number of Topliss-reactive ketones (excluding diaryl/α,β-unsaturated/α-hetero) is 1. The van der Waals surface area contributed by atoms with Crippen LogP contribution in [0.3, 0.4) is 0 Å². The molecule has 0 atom stereocenters. The molecule has 1 heterocycles. The van der Waals surface area contributed by atoms with Crippen LogP contribution in [0.15, 0.2) is 71.9 Å². The van der Waals surface area contributed by atoms with Crippen molar-refractivity contribution >= 4 is 15.8 Å². The molecule has 0 aliphatic heterocycles. The van der Waals surface area contributed by atoms with E-state index >= 15 is 0 Å². The molecule has 186 valence electrons. The van der Waals surface area contributed by atoms with Crippen LogP contribution in [0, 0.1) is 0 Å². The molecular weight excluding hydrogens is 498 g/mol. The van der Waals surface area contributed by atoms with E-state index in [0.717, 1.165) is 30.6 Å². The van der Waals surface area contributed by atoms with Gasteiger partial charge < -0.3 is 0 Å². The first kappa shape index (κ1) is 26.4. The Bertz CT molecular complexity index is 1310. The molecule has 0 saturated heterocycles. The Kier molecular flexibility index (Phi) is 7.65. The Hall–Kier alpha value is -3.25. The van der Waals surface area contributed by atoms with Crippen LogP contribution in [-0.2, 0) is 33.8 Å². The number of aromatic nitrogens is 1. The summed E-state index contributed by atoms with van der Waals surface area (Å²) < 4.78 is 104. The third kappa shape index (κ3) is 7.12. The fourth-order valence-electron chi connectivity index (χ4n) is 3.37. The van der Waals surface area contributed by atoms with Gasteiger partial charge >= 0.3 is 12.4 Å². The predicted octanol–water partition coefficient (Wildman–Crippen LogP) is 4.96. The Morgan fingerprint density at radius 2 is 1.54 bits per heavy atom. The summed E-state index contributed by atoms with van der Waals surface area (Å²) in [5.41, 5.74) is -0.233. The van der Waals surface area contributed by atoms with Crippen molar-refractivity contribution in [3.63, 3.8) is 0 Å². The Balaban J connectivity index is 1.96. The molecule has 0 amide bonds. The predicted molar refractivity (Wildman–Crippen MR) is 115 cm³/mol. The third-order valence-electron chi connectivity index (χ3n) is 4.92. The van der Waals surface area contributed by atoms with E-state index in [0.29, 0.717) is 11.1 Å². The summed E-state index contributed by atoms with van der Waals surface area (Å²) in [7, 11) is -4.58. The smallest absolute Gasteiger partial charge is 0.299 e. The van der Waals surface area contributed by atoms with Gasteiger partial charge in [-0.1, -0.05) is 36.4 Å². The molecule has 0 unspecified atom stereocenters. The first-order chi connectivity index (χ1) is 16.3.